The number of aromatic nitrogens is 4. The van der Waals surface area contributed by atoms with E-state index in [0.29, 0.717) is 23.6 Å². The Hall–Kier alpha value is -3.16. The van der Waals surface area contributed by atoms with Gasteiger partial charge in [-0.3, -0.25) is 14.7 Å². The molecule has 0 aromatic carbocycles. The number of furan rings is 1. The maximum absolute atomic E-state index is 12.4. The van der Waals surface area contributed by atoms with Crippen molar-refractivity contribution >= 4 is 5.91 Å². The van der Waals surface area contributed by atoms with Gasteiger partial charge in [-0.25, -0.2) is 5.10 Å². The molecule has 1 atom stereocenters. The van der Waals surface area contributed by atoms with Crippen LogP contribution in [0.25, 0.3) is 11.5 Å². The molecule has 3 heterocycles. The van der Waals surface area contributed by atoms with E-state index in [4.69, 9.17) is 4.42 Å². The quantitative estimate of drug-likeness (QED) is 0.665. The smallest absolute Gasteiger partial charge is 0.272 e. The minimum absolute atomic E-state index is 0.0441. The molecule has 1 amide bonds. The molecule has 3 aromatic heterocycles. The van der Waals surface area contributed by atoms with Gasteiger partial charge in [0.15, 0.2) is 11.5 Å². The van der Waals surface area contributed by atoms with Gasteiger partial charge in [0, 0.05) is 18.2 Å². The summed E-state index contributed by atoms with van der Waals surface area (Å²) in [6.07, 6.45) is 3.64. The highest BCUT2D eigenvalue weighted by molar-refractivity contribution is 5.93. The Morgan fingerprint density at radius 3 is 3.04 bits per heavy atom. The fourth-order valence-electron chi connectivity index (χ4n) is 2.92. The zero-order valence-corrected chi connectivity index (χ0v) is 12.7. The van der Waals surface area contributed by atoms with Crippen LogP contribution in [0.5, 0.6) is 0 Å². The Balaban J connectivity index is 1.46. The third-order valence-corrected chi connectivity index (χ3v) is 4.11. The highest BCUT2D eigenvalue weighted by Gasteiger charge is 2.23. The number of rotatable bonds is 3. The molecule has 8 nitrogen and oxygen atoms in total. The molecule has 0 radical (unpaired) electrons. The Morgan fingerprint density at radius 1 is 1.29 bits per heavy atom. The van der Waals surface area contributed by atoms with Gasteiger partial charge in [-0.1, -0.05) is 0 Å². The molecule has 0 saturated carbocycles. The van der Waals surface area contributed by atoms with Gasteiger partial charge in [0.2, 0.25) is 0 Å². The first-order valence-electron chi connectivity index (χ1n) is 7.66. The van der Waals surface area contributed by atoms with Gasteiger partial charge >= 0.3 is 0 Å². The lowest BCUT2D eigenvalue weighted by atomic mass is 9.92. The lowest BCUT2D eigenvalue weighted by Crippen LogP contribution is -2.39. The number of hydrogen-bond donors (Lipinski definition) is 3. The van der Waals surface area contributed by atoms with Crippen LogP contribution < -0.4 is 10.9 Å². The Morgan fingerprint density at radius 2 is 2.21 bits per heavy atom. The van der Waals surface area contributed by atoms with E-state index in [2.05, 4.69) is 25.7 Å². The van der Waals surface area contributed by atoms with E-state index in [0.717, 1.165) is 24.1 Å². The van der Waals surface area contributed by atoms with E-state index in [9.17, 15) is 9.59 Å². The van der Waals surface area contributed by atoms with Gasteiger partial charge in [-0.2, -0.15) is 10.2 Å². The molecule has 4 rings (SSSR count). The summed E-state index contributed by atoms with van der Waals surface area (Å²) in [5.41, 5.74) is 2.50. The summed E-state index contributed by atoms with van der Waals surface area (Å²) in [5, 5.41) is 16.3. The molecular weight excluding hydrogens is 310 g/mol. The number of aromatic amines is 2. The minimum Gasteiger partial charge on any atom is -0.463 e. The Labute approximate surface area is 136 Å². The van der Waals surface area contributed by atoms with Crippen LogP contribution >= 0.6 is 0 Å². The van der Waals surface area contributed by atoms with Crippen molar-refractivity contribution in [1.29, 1.82) is 0 Å². The molecule has 0 unspecified atom stereocenters. The van der Waals surface area contributed by atoms with Gasteiger partial charge in [0.1, 0.15) is 5.69 Å². The van der Waals surface area contributed by atoms with Crippen LogP contribution in [-0.2, 0) is 12.8 Å². The number of hydrogen-bond acceptors (Lipinski definition) is 5. The standard InChI is InChI=1S/C16H15N5O3/c22-15-7-9-6-10(3-4-11(9)18-21-15)17-16(23)13-8-12(19-20-13)14-2-1-5-24-14/h1-2,5,7-8,10H,3-4,6H2,(H,17,23)(H,19,20)(H,21,22)/t10-/m0/s1. The molecule has 122 valence electrons. The maximum Gasteiger partial charge on any atom is 0.272 e. The van der Waals surface area contributed by atoms with Gasteiger partial charge < -0.3 is 9.73 Å². The summed E-state index contributed by atoms with van der Waals surface area (Å²) in [6.45, 7) is 0. The number of nitrogens with one attached hydrogen (secondary N) is 3. The zero-order valence-electron chi connectivity index (χ0n) is 12.7. The van der Waals surface area contributed by atoms with E-state index in [1.54, 1.807) is 30.5 Å². The maximum atomic E-state index is 12.4. The number of fused-ring (bicyclic) bond motifs is 1. The van der Waals surface area contributed by atoms with Crippen LogP contribution in [0.4, 0.5) is 0 Å². The number of aryl methyl sites for hydroxylation is 1. The van der Waals surface area contributed by atoms with Crippen molar-refractivity contribution in [2.75, 3.05) is 0 Å². The van der Waals surface area contributed by atoms with Gasteiger partial charge in [0.25, 0.3) is 11.5 Å². The number of H-pyrrole nitrogens is 2. The molecule has 8 heteroatoms. The van der Waals surface area contributed by atoms with Crippen LogP contribution in [0, 0.1) is 0 Å². The molecule has 0 aliphatic heterocycles. The van der Waals surface area contributed by atoms with Gasteiger partial charge in [-0.15, -0.1) is 0 Å². The third-order valence-electron chi connectivity index (χ3n) is 4.11. The summed E-state index contributed by atoms with van der Waals surface area (Å²) in [6, 6.07) is 6.71. The summed E-state index contributed by atoms with van der Waals surface area (Å²) in [7, 11) is 0. The average molecular weight is 325 g/mol. The summed E-state index contributed by atoms with van der Waals surface area (Å²) in [5.74, 6) is 0.369. The minimum atomic E-state index is -0.254. The molecular formula is C16H15N5O3. The second kappa shape index (κ2) is 5.80. The van der Waals surface area contributed by atoms with Crippen LogP contribution in [0.15, 0.2) is 39.7 Å². The van der Waals surface area contributed by atoms with Gasteiger partial charge in [-0.05, 0) is 37.0 Å². The summed E-state index contributed by atoms with van der Waals surface area (Å²) in [4.78, 5) is 23.7. The molecule has 3 aromatic rings. The SMILES string of the molecule is O=C(N[C@H]1CCc2n[nH]c(=O)cc2C1)c1cc(-c2ccco2)[nH]n1. The normalized spacial score (nSPS) is 16.6. The van der Waals surface area contributed by atoms with E-state index >= 15 is 0 Å². The molecule has 0 spiro atoms. The van der Waals surface area contributed by atoms with Crippen LogP contribution in [0.3, 0.4) is 0 Å². The molecule has 1 aliphatic carbocycles. The lowest BCUT2D eigenvalue weighted by Gasteiger charge is -2.23. The number of nitrogens with zero attached hydrogens (tertiary/aromatic N) is 2. The summed E-state index contributed by atoms with van der Waals surface area (Å²) >= 11 is 0. The van der Waals surface area contributed by atoms with Crippen molar-refractivity contribution in [2.24, 2.45) is 0 Å². The Kier molecular flexibility index (Phi) is 3.49. The predicted molar refractivity (Wildman–Crippen MR) is 84.4 cm³/mol. The average Bonchev–Trinajstić information content (AvgIpc) is 3.25. The fraction of sp³-hybridized carbons (Fsp3) is 0.250. The van der Waals surface area contributed by atoms with Crippen molar-refractivity contribution in [1.82, 2.24) is 25.7 Å². The molecule has 0 fully saturated rings. The second-order valence-corrected chi connectivity index (χ2v) is 5.76. The highest BCUT2D eigenvalue weighted by atomic mass is 16.3. The van der Waals surface area contributed by atoms with E-state index in [-0.39, 0.29) is 17.5 Å². The first-order chi connectivity index (χ1) is 11.7. The second-order valence-electron chi connectivity index (χ2n) is 5.76. The molecule has 1 aliphatic rings. The third kappa shape index (κ3) is 2.73. The van der Waals surface area contributed by atoms with E-state index in [1.165, 1.54) is 0 Å². The topological polar surface area (TPSA) is 117 Å². The predicted octanol–water partition coefficient (Wildman–Crippen LogP) is 1.04. The fourth-order valence-corrected chi connectivity index (χ4v) is 2.92. The van der Waals surface area contributed by atoms with E-state index in [1.807, 2.05) is 0 Å². The van der Waals surface area contributed by atoms with Crippen molar-refractivity contribution in [3.05, 3.63) is 57.8 Å². The zero-order chi connectivity index (χ0) is 16.5. The molecule has 24 heavy (non-hydrogen) atoms. The van der Waals surface area contributed by atoms with E-state index < -0.39 is 0 Å². The largest absolute Gasteiger partial charge is 0.463 e. The van der Waals surface area contributed by atoms with Crippen molar-refractivity contribution < 1.29 is 9.21 Å². The summed E-state index contributed by atoms with van der Waals surface area (Å²) < 4.78 is 5.27. The van der Waals surface area contributed by atoms with Crippen LogP contribution in [0.1, 0.15) is 28.2 Å². The monoisotopic (exact) mass is 325 g/mol. The number of carbonyl (C=O) groups is 1. The molecule has 0 saturated heterocycles. The molecule has 0 bridgehead atoms. The lowest BCUT2D eigenvalue weighted by molar-refractivity contribution is 0.0928. The highest BCUT2D eigenvalue weighted by Crippen LogP contribution is 2.20. The van der Waals surface area contributed by atoms with Gasteiger partial charge in [0.05, 0.1) is 12.0 Å². The first-order valence-corrected chi connectivity index (χ1v) is 7.66. The molecule has 3 N–H and O–H groups in total. The number of carbonyl (C=O) groups excluding carboxylic acids is 1. The van der Waals surface area contributed by atoms with Crippen LogP contribution in [0.2, 0.25) is 0 Å². The number of amides is 1. The first kappa shape index (κ1) is 14.4. The van der Waals surface area contributed by atoms with Crippen molar-refractivity contribution in [3.8, 4) is 11.5 Å². The Bertz CT molecular complexity index is 925. The van der Waals surface area contributed by atoms with Crippen LogP contribution in [-0.4, -0.2) is 32.3 Å². The van der Waals surface area contributed by atoms with Crippen molar-refractivity contribution in [3.63, 3.8) is 0 Å². The van der Waals surface area contributed by atoms with Crippen molar-refractivity contribution in [2.45, 2.75) is 25.3 Å².